The van der Waals surface area contributed by atoms with E-state index in [2.05, 4.69) is 47.4 Å². The number of hydrogen-bond donors (Lipinski definition) is 1. The number of fused-ring (bicyclic) bond motifs is 2. The Balaban J connectivity index is 1.69. The third-order valence-corrected chi connectivity index (χ3v) is 5.47. The van der Waals surface area contributed by atoms with Crippen LogP contribution in [0.4, 0.5) is 5.13 Å². The second-order valence-electron chi connectivity index (χ2n) is 6.59. The van der Waals surface area contributed by atoms with E-state index in [0.717, 1.165) is 24.4 Å². The van der Waals surface area contributed by atoms with E-state index in [9.17, 15) is 4.79 Å². The summed E-state index contributed by atoms with van der Waals surface area (Å²) in [5.74, 6) is 0.517. The average molecular weight is 340 g/mol. The number of aryl methyl sites for hydroxylation is 1. The quantitative estimate of drug-likeness (QED) is 0.788. The van der Waals surface area contributed by atoms with Gasteiger partial charge in [0.1, 0.15) is 0 Å². The van der Waals surface area contributed by atoms with Crippen molar-refractivity contribution in [2.24, 2.45) is 0 Å². The first-order chi connectivity index (χ1) is 11.6. The van der Waals surface area contributed by atoms with Crippen LogP contribution in [0.25, 0.3) is 4.96 Å². The van der Waals surface area contributed by atoms with E-state index >= 15 is 0 Å². The zero-order valence-corrected chi connectivity index (χ0v) is 14.6. The molecule has 1 aliphatic carbocycles. The molecule has 0 radical (unpaired) electrons. The van der Waals surface area contributed by atoms with Gasteiger partial charge in [0.15, 0.2) is 0 Å². The highest BCUT2D eigenvalue weighted by molar-refractivity contribution is 7.20. The zero-order chi connectivity index (χ0) is 16.7. The third kappa shape index (κ3) is 2.71. The van der Waals surface area contributed by atoms with Crippen molar-refractivity contribution >= 4 is 21.4 Å². The van der Waals surface area contributed by atoms with Crippen LogP contribution < -0.4 is 10.9 Å². The highest BCUT2D eigenvalue weighted by Crippen LogP contribution is 2.35. The van der Waals surface area contributed by atoms with Gasteiger partial charge in [-0.15, -0.1) is 5.10 Å². The molecule has 5 nitrogen and oxygen atoms in total. The lowest BCUT2D eigenvalue weighted by Gasteiger charge is -2.27. The molecule has 0 saturated heterocycles. The van der Waals surface area contributed by atoms with E-state index < -0.39 is 0 Å². The minimum absolute atomic E-state index is 0.143. The number of nitrogens with one attached hydrogen (secondary N) is 1. The Morgan fingerprint density at radius 1 is 1.33 bits per heavy atom. The van der Waals surface area contributed by atoms with Crippen LogP contribution in [0.5, 0.6) is 0 Å². The summed E-state index contributed by atoms with van der Waals surface area (Å²) in [6.07, 6.45) is 4.90. The minimum Gasteiger partial charge on any atom is -0.353 e. The van der Waals surface area contributed by atoms with E-state index in [1.807, 2.05) is 0 Å². The summed E-state index contributed by atoms with van der Waals surface area (Å²) < 4.78 is 1.36. The fourth-order valence-corrected chi connectivity index (χ4v) is 4.11. The highest BCUT2D eigenvalue weighted by Gasteiger charge is 2.22. The molecule has 2 aromatic heterocycles. The topological polar surface area (TPSA) is 59.3 Å². The maximum atomic E-state index is 11.8. The molecule has 1 N–H and O–H groups in total. The van der Waals surface area contributed by atoms with Gasteiger partial charge in [0.05, 0.1) is 6.04 Å². The molecule has 4 rings (SSSR count). The molecule has 1 atom stereocenters. The number of aromatic nitrogens is 3. The first kappa shape index (κ1) is 15.3. The molecule has 0 spiro atoms. The Morgan fingerprint density at radius 2 is 2.21 bits per heavy atom. The van der Waals surface area contributed by atoms with Crippen LogP contribution >= 0.6 is 11.3 Å². The Labute approximate surface area is 144 Å². The van der Waals surface area contributed by atoms with Crippen molar-refractivity contribution in [2.75, 3.05) is 5.32 Å². The Hall–Kier alpha value is -2.21. The fraction of sp³-hybridized carbons (Fsp3) is 0.389. The summed E-state index contributed by atoms with van der Waals surface area (Å²) in [6, 6.07) is 8.51. The van der Waals surface area contributed by atoms with Crippen LogP contribution in [0, 0.1) is 0 Å². The molecule has 0 amide bonds. The Kier molecular flexibility index (Phi) is 3.84. The maximum Gasteiger partial charge on any atom is 0.275 e. The maximum absolute atomic E-state index is 11.8. The standard InChI is InChI=1S/C18H20N4OS/c1-11(2)13-7-6-12-4-3-5-15(14(12)10-13)20-17-21-22-16(23)8-9-19-18(22)24-17/h6-11,15H,3-5H2,1-2H3,(H,20,21)/t15-/m1/s1. The number of anilines is 1. The van der Waals surface area contributed by atoms with Gasteiger partial charge < -0.3 is 5.32 Å². The third-order valence-electron chi connectivity index (χ3n) is 4.62. The Morgan fingerprint density at radius 3 is 3.00 bits per heavy atom. The van der Waals surface area contributed by atoms with Crippen LogP contribution in [-0.2, 0) is 6.42 Å². The molecule has 0 saturated carbocycles. The van der Waals surface area contributed by atoms with Crippen LogP contribution in [0.3, 0.4) is 0 Å². The summed E-state index contributed by atoms with van der Waals surface area (Å²) in [6.45, 7) is 4.44. The highest BCUT2D eigenvalue weighted by atomic mass is 32.1. The van der Waals surface area contributed by atoms with Crippen LogP contribution in [0.2, 0.25) is 0 Å². The average Bonchev–Trinajstić information content (AvgIpc) is 2.99. The van der Waals surface area contributed by atoms with Crippen molar-refractivity contribution in [3.05, 3.63) is 57.5 Å². The van der Waals surface area contributed by atoms with E-state index in [4.69, 9.17) is 0 Å². The van der Waals surface area contributed by atoms with Crippen molar-refractivity contribution in [2.45, 2.75) is 45.1 Å². The van der Waals surface area contributed by atoms with Crippen molar-refractivity contribution in [3.8, 4) is 0 Å². The molecule has 2 heterocycles. The molecular weight excluding hydrogens is 320 g/mol. The molecule has 3 aromatic rings. The van der Waals surface area contributed by atoms with Gasteiger partial charge in [-0.1, -0.05) is 43.4 Å². The molecule has 6 heteroatoms. The monoisotopic (exact) mass is 340 g/mol. The first-order valence-corrected chi connectivity index (χ1v) is 9.17. The summed E-state index contributed by atoms with van der Waals surface area (Å²) in [4.78, 5) is 16.7. The summed E-state index contributed by atoms with van der Waals surface area (Å²) in [5, 5.41) is 8.66. The normalized spacial score (nSPS) is 17.2. The van der Waals surface area contributed by atoms with Crippen molar-refractivity contribution < 1.29 is 0 Å². The van der Waals surface area contributed by atoms with Gasteiger partial charge in [0, 0.05) is 12.3 Å². The van der Waals surface area contributed by atoms with Gasteiger partial charge in [-0.25, -0.2) is 4.98 Å². The summed E-state index contributed by atoms with van der Waals surface area (Å²) in [5.41, 5.74) is 4.01. The van der Waals surface area contributed by atoms with Gasteiger partial charge in [0.25, 0.3) is 5.56 Å². The number of benzene rings is 1. The van der Waals surface area contributed by atoms with Gasteiger partial charge in [-0.2, -0.15) is 4.52 Å². The molecule has 0 unspecified atom stereocenters. The molecule has 0 fully saturated rings. The lowest BCUT2D eigenvalue weighted by molar-refractivity contribution is 0.597. The van der Waals surface area contributed by atoms with E-state index in [-0.39, 0.29) is 11.6 Å². The second kappa shape index (κ2) is 6.02. The second-order valence-corrected chi connectivity index (χ2v) is 7.54. The SMILES string of the molecule is CC(C)c1ccc2c(c1)[C@H](Nc1nn3c(=O)ccnc3s1)CCC2. The largest absolute Gasteiger partial charge is 0.353 e. The summed E-state index contributed by atoms with van der Waals surface area (Å²) >= 11 is 1.42. The number of nitrogens with zero attached hydrogens (tertiary/aromatic N) is 3. The lowest BCUT2D eigenvalue weighted by atomic mass is 9.85. The number of rotatable bonds is 3. The molecule has 124 valence electrons. The van der Waals surface area contributed by atoms with Crippen molar-refractivity contribution in [1.29, 1.82) is 0 Å². The predicted molar refractivity (Wildman–Crippen MR) is 97.0 cm³/mol. The van der Waals surface area contributed by atoms with Crippen LogP contribution in [-0.4, -0.2) is 14.6 Å². The van der Waals surface area contributed by atoms with Crippen LogP contribution in [0.15, 0.2) is 35.3 Å². The molecule has 24 heavy (non-hydrogen) atoms. The molecule has 1 aliphatic rings. The zero-order valence-electron chi connectivity index (χ0n) is 13.8. The van der Waals surface area contributed by atoms with Gasteiger partial charge in [0.2, 0.25) is 10.1 Å². The minimum atomic E-state index is -0.143. The van der Waals surface area contributed by atoms with Crippen molar-refractivity contribution in [3.63, 3.8) is 0 Å². The van der Waals surface area contributed by atoms with E-state index in [1.54, 1.807) is 0 Å². The van der Waals surface area contributed by atoms with Gasteiger partial charge >= 0.3 is 0 Å². The molecular formula is C18H20N4OS. The van der Waals surface area contributed by atoms with Crippen molar-refractivity contribution in [1.82, 2.24) is 14.6 Å². The van der Waals surface area contributed by atoms with Crippen LogP contribution in [0.1, 0.15) is 55.3 Å². The summed E-state index contributed by atoms with van der Waals surface area (Å²) in [7, 11) is 0. The molecule has 1 aromatic carbocycles. The lowest BCUT2D eigenvalue weighted by Crippen LogP contribution is -2.18. The molecule has 0 bridgehead atoms. The smallest absolute Gasteiger partial charge is 0.275 e. The first-order valence-electron chi connectivity index (χ1n) is 8.36. The van der Waals surface area contributed by atoms with E-state index in [0.29, 0.717) is 10.9 Å². The van der Waals surface area contributed by atoms with Gasteiger partial charge in [-0.3, -0.25) is 4.79 Å². The fourth-order valence-electron chi connectivity index (χ4n) is 3.28. The molecule has 0 aliphatic heterocycles. The van der Waals surface area contributed by atoms with E-state index in [1.165, 1.54) is 44.8 Å². The predicted octanol–water partition coefficient (Wildman–Crippen LogP) is 3.76. The number of hydrogen-bond acceptors (Lipinski definition) is 5. The van der Waals surface area contributed by atoms with Gasteiger partial charge in [-0.05, 0) is 41.9 Å². The Bertz CT molecular complexity index is 944.